The topological polar surface area (TPSA) is 41.6 Å². The Balaban J connectivity index is 1.88. The van der Waals surface area contributed by atoms with Crippen LogP contribution in [0.1, 0.15) is 24.2 Å². The Morgan fingerprint density at radius 2 is 2.32 bits per heavy atom. The average Bonchev–Trinajstić information content (AvgIpc) is 2.44. The van der Waals surface area contributed by atoms with Crippen molar-refractivity contribution in [2.24, 2.45) is 5.92 Å². The van der Waals surface area contributed by atoms with E-state index in [1.165, 1.54) is 18.2 Å². The number of carbonyl (C=O) groups is 1. The number of hydrogen-bond donors (Lipinski definition) is 1. The molecule has 0 aliphatic carbocycles. The minimum absolute atomic E-state index is 0.0815. The largest absolute Gasteiger partial charge is 0.374 e. The van der Waals surface area contributed by atoms with Crippen molar-refractivity contribution >= 4 is 17.5 Å². The minimum Gasteiger partial charge on any atom is -0.374 e. The summed E-state index contributed by atoms with van der Waals surface area (Å²) in [5.74, 6) is -0.533. The Kier molecular flexibility index (Phi) is 6.17. The molecule has 1 aliphatic rings. The van der Waals surface area contributed by atoms with Crippen LogP contribution < -0.4 is 5.32 Å². The lowest BCUT2D eigenvalue weighted by Gasteiger charge is -2.34. The van der Waals surface area contributed by atoms with Crippen LogP contribution in [0, 0.1) is 11.7 Å². The Labute approximate surface area is 135 Å². The molecule has 1 aliphatic heterocycles. The van der Waals surface area contributed by atoms with Crippen molar-refractivity contribution in [3.05, 3.63) is 34.6 Å². The summed E-state index contributed by atoms with van der Waals surface area (Å²) < 4.78 is 19.3. The van der Waals surface area contributed by atoms with Gasteiger partial charge in [0.05, 0.1) is 23.3 Å². The third kappa shape index (κ3) is 4.66. The molecule has 1 atom stereocenters. The van der Waals surface area contributed by atoms with E-state index in [2.05, 4.69) is 24.1 Å². The van der Waals surface area contributed by atoms with E-state index in [0.717, 1.165) is 19.6 Å². The first-order valence-corrected chi connectivity index (χ1v) is 7.91. The molecule has 1 heterocycles. The third-order valence-electron chi connectivity index (χ3n) is 3.53. The monoisotopic (exact) mass is 328 g/mol. The first-order valence-electron chi connectivity index (χ1n) is 7.53. The van der Waals surface area contributed by atoms with Gasteiger partial charge in [0.25, 0.3) is 5.91 Å². The fourth-order valence-corrected chi connectivity index (χ4v) is 2.84. The number of morpholine rings is 1. The summed E-state index contributed by atoms with van der Waals surface area (Å²) in [6.07, 6.45) is -0.0815. The molecule has 0 unspecified atom stereocenters. The first kappa shape index (κ1) is 17.2. The van der Waals surface area contributed by atoms with Crippen molar-refractivity contribution in [3.63, 3.8) is 0 Å². The lowest BCUT2D eigenvalue weighted by Crippen LogP contribution is -2.48. The van der Waals surface area contributed by atoms with Crippen molar-refractivity contribution < 1.29 is 13.9 Å². The summed E-state index contributed by atoms with van der Waals surface area (Å²) in [4.78, 5) is 14.4. The van der Waals surface area contributed by atoms with Crippen LogP contribution in [-0.2, 0) is 4.74 Å². The van der Waals surface area contributed by atoms with Crippen molar-refractivity contribution in [2.75, 3.05) is 32.8 Å². The number of nitrogens with zero attached hydrogens (tertiary/aromatic N) is 1. The molecule has 1 aromatic rings. The number of nitrogens with one attached hydrogen (secondary N) is 1. The lowest BCUT2D eigenvalue weighted by molar-refractivity contribution is -0.0295. The van der Waals surface area contributed by atoms with Crippen LogP contribution in [0.25, 0.3) is 0 Å². The van der Waals surface area contributed by atoms with Gasteiger partial charge >= 0.3 is 0 Å². The molecule has 0 bridgehead atoms. The number of ether oxygens (including phenoxy) is 1. The molecule has 0 saturated carbocycles. The number of benzene rings is 1. The highest BCUT2D eigenvalue weighted by Crippen LogP contribution is 2.18. The van der Waals surface area contributed by atoms with Gasteiger partial charge in [-0.2, -0.15) is 0 Å². The Bertz CT molecular complexity index is 505. The molecule has 6 heteroatoms. The van der Waals surface area contributed by atoms with E-state index in [0.29, 0.717) is 19.1 Å². The van der Waals surface area contributed by atoms with Crippen LogP contribution in [0.4, 0.5) is 4.39 Å². The second kappa shape index (κ2) is 7.90. The number of rotatable bonds is 5. The second-order valence-electron chi connectivity index (χ2n) is 5.95. The smallest absolute Gasteiger partial charge is 0.255 e. The highest BCUT2D eigenvalue weighted by atomic mass is 35.5. The Morgan fingerprint density at radius 1 is 1.55 bits per heavy atom. The zero-order chi connectivity index (χ0) is 16.1. The van der Waals surface area contributed by atoms with Crippen LogP contribution in [0.15, 0.2) is 18.2 Å². The van der Waals surface area contributed by atoms with E-state index in [4.69, 9.17) is 16.3 Å². The van der Waals surface area contributed by atoms with Gasteiger partial charge in [-0.3, -0.25) is 9.69 Å². The summed E-state index contributed by atoms with van der Waals surface area (Å²) in [6, 6.07) is 4.20. The number of halogens is 2. The molecule has 0 spiro atoms. The third-order valence-corrected chi connectivity index (χ3v) is 3.84. The Hall–Kier alpha value is -1.17. The molecule has 1 fully saturated rings. The lowest BCUT2D eigenvalue weighted by atomic mass is 10.1. The van der Waals surface area contributed by atoms with E-state index in [1.807, 2.05) is 0 Å². The molecular formula is C16H22ClFN2O2. The Morgan fingerprint density at radius 3 is 3.00 bits per heavy atom. The van der Waals surface area contributed by atoms with Gasteiger partial charge in [0, 0.05) is 26.2 Å². The zero-order valence-corrected chi connectivity index (χ0v) is 13.7. The van der Waals surface area contributed by atoms with Gasteiger partial charge in [-0.25, -0.2) is 4.39 Å². The maximum Gasteiger partial charge on any atom is 0.255 e. The normalized spacial score (nSPS) is 19.4. The van der Waals surface area contributed by atoms with Gasteiger partial charge in [-0.05, 0) is 18.1 Å². The maximum absolute atomic E-state index is 13.7. The summed E-state index contributed by atoms with van der Waals surface area (Å²) >= 11 is 5.89. The molecule has 122 valence electrons. The van der Waals surface area contributed by atoms with Crippen LogP contribution >= 0.6 is 11.6 Å². The predicted octanol–water partition coefficient (Wildman–Crippen LogP) is 2.57. The second-order valence-corrected chi connectivity index (χ2v) is 6.36. The van der Waals surface area contributed by atoms with Gasteiger partial charge in [0.2, 0.25) is 0 Å². The van der Waals surface area contributed by atoms with Gasteiger partial charge in [0.15, 0.2) is 0 Å². The van der Waals surface area contributed by atoms with Crippen molar-refractivity contribution in [1.82, 2.24) is 10.2 Å². The zero-order valence-electron chi connectivity index (χ0n) is 12.9. The van der Waals surface area contributed by atoms with Crippen LogP contribution in [0.5, 0.6) is 0 Å². The molecule has 22 heavy (non-hydrogen) atoms. The molecule has 0 aromatic heterocycles. The highest BCUT2D eigenvalue weighted by Gasteiger charge is 2.22. The summed E-state index contributed by atoms with van der Waals surface area (Å²) in [6.45, 7) is 8.02. The average molecular weight is 329 g/mol. The van der Waals surface area contributed by atoms with E-state index in [1.54, 1.807) is 0 Å². The summed E-state index contributed by atoms with van der Waals surface area (Å²) in [5.41, 5.74) is -0.112. The first-order chi connectivity index (χ1) is 10.5. The molecule has 1 N–H and O–H groups in total. The van der Waals surface area contributed by atoms with Gasteiger partial charge < -0.3 is 10.1 Å². The number of hydrogen-bond acceptors (Lipinski definition) is 3. The van der Waals surface area contributed by atoms with E-state index in [-0.39, 0.29) is 16.7 Å². The molecule has 2 rings (SSSR count). The summed E-state index contributed by atoms with van der Waals surface area (Å²) in [7, 11) is 0. The van der Waals surface area contributed by atoms with Gasteiger partial charge in [0.1, 0.15) is 5.82 Å². The van der Waals surface area contributed by atoms with E-state index >= 15 is 0 Å². The standard InChI is InChI=1S/C16H22ClFN2O2/c1-11(2)9-20-6-7-22-12(10-20)8-19-16(21)15-13(17)4-3-5-14(15)18/h3-5,11-12H,6-10H2,1-2H3,(H,19,21)/t12-/m1/s1. The van der Waals surface area contributed by atoms with Crippen LogP contribution in [0.2, 0.25) is 5.02 Å². The maximum atomic E-state index is 13.7. The number of carbonyl (C=O) groups excluding carboxylic acids is 1. The molecule has 0 radical (unpaired) electrons. The molecule has 1 aromatic carbocycles. The summed E-state index contributed by atoms with van der Waals surface area (Å²) in [5, 5.41) is 2.82. The van der Waals surface area contributed by atoms with Crippen molar-refractivity contribution in [3.8, 4) is 0 Å². The predicted molar refractivity (Wildman–Crippen MR) is 84.8 cm³/mol. The molecule has 1 saturated heterocycles. The van der Waals surface area contributed by atoms with Crippen LogP contribution in [0.3, 0.4) is 0 Å². The van der Waals surface area contributed by atoms with Crippen molar-refractivity contribution in [2.45, 2.75) is 20.0 Å². The quantitative estimate of drug-likeness (QED) is 0.903. The van der Waals surface area contributed by atoms with Gasteiger partial charge in [-0.15, -0.1) is 0 Å². The van der Waals surface area contributed by atoms with Crippen LogP contribution in [-0.4, -0.2) is 49.7 Å². The minimum atomic E-state index is -0.615. The SMILES string of the molecule is CC(C)CN1CCO[C@H](CNC(=O)c2c(F)cccc2Cl)C1. The molecular weight excluding hydrogens is 307 g/mol. The highest BCUT2D eigenvalue weighted by molar-refractivity contribution is 6.33. The fraction of sp³-hybridized carbons (Fsp3) is 0.562. The van der Waals surface area contributed by atoms with Gasteiger partial charge in [-0.1, -0.05) is 31.5 Å². The number of amides is 1. The van der Waals surface area contributed by atoms with Crippen molar-refractivity contribution in [1.29, 1.82) is 0 Å². The molecule has 4 nitrogen and oxygen atoms in total. The van der Waals surface area contributed by atoms with E-state index in [9.17, 15) is 9.18 Å². The molecule has 1 amide bonds. The van der Waals surface area contributed by atoms with E-state index < -0.39 is 11.7 Å². The fourth-order valence-electron chi connectivity index (χ4n) is 2.60.